The summed E-state index contributed by atoms with van der Waals surface area (Å²) in [6.07, 6.45) is 1.60. The van der Waals surface area contributed by atoms with Gasteiger partial charge in [-0.3, -0.25) is 4.79 Å². The van der Waals surface area contributed by atoms with E-state index in [1.807, 2.05) is 4.90 Å². The molecule has 6 heteroatoms. The van der Waals surface area contributed by atoms with Crippen LogP contribution in [0, 0.1) is 0 Å². The first-order valence-corrected chi connectivity index (χ1v) is 7.65. The smallest absolute Gasteiger partial charge is 0.224 e. The Kier molecular flexibility index (Phi) is 6.72. The lowest BCUT2D eigenvalue weighted by Crippen LogP contribution is -2.45. The summed E-state index contributed by atoms with van der Waals surface area (Å²) >= 11 is 0. The highest BCUT2D eigenvalue weighted by Gasteiger charge is 2.18. The molecule has 116 valence electrons. The van der Waals surface area contributed by atoms with Gasteiger partial charge in [-0.15, -0.1) is 0 Å². The van der Waals surface area contributed by atoms with Crippen LogP contribution in [-0.4, -0.2) is 75.5 Å². The molecule has 2 saturated heterocycles. The molecule has 1 amide bonds. The monoisotopic (exact) mass is 285 g/mol. The molecule has 0 spiro atoms. The van der Waals surface area contributed by atoms with E-state index < -0.39 is 0 Å². The second kappa shape index (κ2) is 8.56. The molecule has 20 heavy (non-hydrogen) atoms. The normalized spacial score (nSPS) is 25.4. The van der Waals surface area contributed by atoms with Crippen molar-refractivity contribution in [3.05, 3.63) is 0 Å². The van der Waals surface area contributed by atoms with Crippen LogP contribution in [0.1, 0.15) is 19.8 Å². The molecule has 2 rings (SSSR count). The van der Waals surface area contributed by atoms with E-state index >= 15 is 0 Å². The number of nitrogens with zero attached hydrogens (tertiary/aromatic N) is 1. The molecule has 2 fully saturated rings. The first-order chi connectivity index (χ1) is 9.75. The Morgan fingerprint density at radius 1 is 1.35 bits per heavy atom. The molecule has 0 aliphatic carbocycles. The number of hydrogen-bond donors (Lipinski definition) is 2. The van der Waals surface area contributed by atoms with Crippen LogP contribution in [-0.2, 0) is 14.3 Å². The van der Waals surface area contributed by atoms with Crippen molar-refractivity contribution in [2.75, 3.05) is 52.6 Å². The zero-order chi connectivity index (χ0) is 14.2. The molecule has 0 saturated carbocycles. The standard InChI is InChI=1S/C14H27N3O3/c1-12(10-13-11-20-7-4-16-13)15-3-2-14(18)17-5-8-19-9-6-17/h12-13,15-16H,2-11H2,1H3. The largest absolute Gasteiger partial charge is 0.379 e. The van der Waals surface area contributed by atoms with Gasteiger partial charge >= 0.3 is 0 Å². The lowest BCUT2D eigenvalue weighted by Gasteiger charge is -2.28. The molecule has 0 aromatic carbocycles. The van der Waals surface area contributed by atoms with E-state index in [2.05, 4.69) is 17.6 Å². The van der Waals surface area contributed by atoms with Crippen molar-refractivity contribution in [2.45, 2.75) is 31.8 Å². The molecule has 2 heterocycles. The first kappa shape index (κ1) is 15.7. The Bertz CT molecular complexity index is 289. The van der Waals surface area contributed by atoms with Crippen LogP contribution in [0.25, 0.3) is 0 Å². The summed E-state index contributed by atoms with van der Waals surface area (Å²) in [4.78, 5) is 13.9. The highest BCUT2D eigenvalue weighted by Crippen LogP contribution is 2.03. The first-order valence-electron chi connectivity index (χ1n) is 7.65. The third-order valence-corrected chi connectivity index (χ3v) is 3.83. The van der Waals surface area contributed by atoms with Crippen LogP contribution in [0.3, 0.4) is 0 Å². The summed E-state index contributed by atoms with van der Waals surface area (Å²) in [6, 6.07) is 0.827. The van der Waals surface area contributed by atoms with Crippen LogP contribution >= 0.6 is 0 Å². The Balaban J connectivity index is 1.56. The predicted molar refractivity (Wildman–Crippen MR) is 76.7 cm³/mol. The van der Waals surface area contributed by atoms with Crippen molar-refractivity contribution in [1.29, 1.82) is 0 Å². The van der Waals surface area contributed by atoms with Crippen molar-refractivity contribution < 1.29 is 14.3 Å². The third kappa shape index (κ3) is 5.36. The minimum absolute atomic E-state index is 0.229. The average Bonchev–Trinajstić information content (AvgIpc) is 2.49. The van der Waals surface area contributed by atoms with E-state index in [1.165, 1.54) is 0 Å². The van der Waals surface area contributed by atoms with Gasteiger partial charge in [-0.2, -0.15) is 0 Å². The van der Waals surface area contributed by atoms with Crippen molar-refractivity contribution in [2.24, 2.45) is 0 Å². The van der Waals surface area contributed by atoms with Crippen molar-refractivity contribution >= 4 is 5.91 Å². The third-order valence-electron chi connectivity index (χ3n) is 3.83. The lowest BCUT2D eigenvalue weighted by atomic mass is 10.1. The van der Waals surface area contributed by atoms with Gasteiger partial charge in [0.15, 0.2) is 0 Å². The summed E-state index contributed by atoms with van der Waals surface area (Å²) in [6.45, 7) is 8.25. The second-order valence-electron chi connectivity index (χ2n) is 5.56. The van der Waals surface area contributed by atoms with Gasteiger partial charge in [0.05, 0.1) is 26.4 Å². The predicted octanol–water partition coefficient (Wildman–Crippen LogP) is -0.408. The Morgan fingerprint density at radius 2 is 2.15 bits per heavy atom. The molecular formula is C14H27N3O3. The molecule has 0 radical (unpaired) electrons. The van der Waals surface area contributed by atoms with Crippen LogP contribution in [0.2, 0.25) is 0 Å². The van der Waals surface area contributed by atoms with E-state index in [1.54, 1.807) is 0 Å². The van der Waals surface area contributed by atoms with Crippen molar-refractivity contribution in [1.82, 2.24) is 15.5 Å². The number of carbonyl (C=O) groups excluding carboxylic acids is 1. The fourth-order valence-electron chi connectivity index (χ4n) is 2.68. The van der Waals surface area contributed by atoms with Crippen LogP contribution in [0.15, 0.2) is 0 Å². The van der Waals surface area contributed by atoms with E-state index in [9.17, 15) is 4.79 Å². The number of amides is 1. The van der Waals surface area contributed by atoms with Crippen molar-refractivity contribution in [3.63, 3.8) is 0 Å². The molecule has 2 aliphatic rings. The molecular weight excluding hydrogens is 258 g/mol. The number of rotatable bonds is 6. The highest BCUT2D eigenvalue weighted by molar-refractivity contribution is 5.76. The number of nitrogens with one attached hydrogen (secondary N) is 2. The van der Waals surface area contributed by atoms with Crippen molar-refractivity contribution in [3.8, 4) is 0 Å². The highest BCUT2D eigenvalue weighted by atomic mass is 16.5. The molecule has 2 aliphatic heterocycles. The van der Waals surface area contributed by atoms with E-state index in [-0.39, 0.29) is 5.91 Å². The summed E-state index contributed by atoms with van der Waals surface area (Å²) in [7, 11) is 0. The fraction of sp³-hybridized carbons (Fsp3) is 0.929. The average molecular weight is 285 g/mol. The molecule has 0 bridgehead atoms. The maximum absolute atomic E-state index is 12.0. The van der Waals surface area contributed by atoms with E-state index in [0.29, 0.717) is 31.7 Å². The van der Waals surface area contributed by atoms with Gasteiger partial charge in [-0.25, -0.2) is 0 Å². The van der Waals surface area contributed by atoms with Gasteiger partial charge in [0.1, 0.15) is 0 Å². The summed E-state index contributed by atoms with van der Waals surface area (Å²) < 4.78 is 10.7. The van der Waals surface area contributed by atoms with Crippen LogP contribution in [0.4, 0.5) is 0 Å². The topological polar surface area (TPSA) is 62.8 Å². The molecule has 2 N–H and O–H groups in total. The summed E-state index contributed by atoms with van der Waals surface area (Å²) in [5.41, 5.74) is 0. The van der Waals surface area contributed by atoms with Gasteiger partial charge in [0, 0.05) is 44.7 Å². The van der Waals surface area contributed by atoms with Gasteiger partial charge < -0.3 is 25.0 Å². The molecule has 0 aromatic heterocycles. The van der Waals surface area contributed by atoms with Crippen LogP contribution < -0.4 is 10.6 Å². The number of carbonyl (C=O) groups is 1. The number of ether oxygens (including phenoxy) is 2. The molecule has 2 unspecified atom stereocenters. The summed E-state index contributed by atoms with van der Waals surface area (Å²) in [5.74, 6) is 0.229. The maximum atomic E-state index is 12.0. The molecule has 6 nitrogen and oxygen atoms in total. The molecule has 2 atom stereocenters. The minimum Gasteiger partial charge on any atom is -0.379 e. The van der Waals surface area contributed by atoms with Crippen LogP contribution in [0.5, 0.6) is 0 Å². The zero-order valence-electron chi connectivity index (χ0n) is 12.4. The van der Waals surface area contributed by atoms with Gasteiger partial charge in [-0.05, 0) is 13.3 Å². The van der Waals surface area contributed by atoms with Gasteiger partial charge in [-0.1, -0.05) is 0 Å². The SMILES string of the molecule is CC(CC1COCCN1)NCCC(=O)N1CCOCC1. The Morgan fingerprint density at radius 3 is 2.85 bits per heavy atom. The Labute approximate surface area is 121 Å². The summed E-state index contributed by atoms with van der Waals surface area (Å²) in [5, 5.41) is 6.87. The number of hydrogen-bond acceptors (Lipinski definition) is 5. The maximum Gasteiger partial charge on any atom is 0.224 e. The zero-order valence-corrected chi connectivity index (χ0v) is 12.4. The lowest BCUT2D eigenvalue weighted by molar-refractivity contribution is -0.135. The quantitative estimate of drug-likeness (QED) is 0.695. The van der Waals surface area contributed by atoms with E-state index in [0.717, 1.165) is 45.8 Å². The minimum atomic E-state index is 0.229. The molecule has 0 aromatic rings. The number of morpholine rings is 2. The Hall–Kier alpha value is -0.690. The van der Waals surface area contributed by atoms with Gasteiger partial charge in [0.2, 0.25) is 5.91 Å². The fourth-order valence-corrected chi connectivity index (χ4v) is 2.68. The van der Waals surface area contributed by atoms with Gasteiger partial charge in [0.25, 0.3) is 0 Å². The van der Waals surface area contributed by atoms with E-state index in [4.69, 9.17) is 9.47 Å². The second-order valence-corrected chi connectivity index (χ2v) is 5.56.